The van der Waals surface area contributed by atoms with Gasteiger partial charge in [-0.25, -0.2) is 14.5 Å². The molecule has 0 aliphatic carbocycles. The number of aromatic nitrogens is 4. The summed E-state index contributed by atoms with van der Waals surface area (Å²) in [6.45, 7) is 0.716. The van der Waals surface area contributed by atoms with E-state index >= 15 is 0 Å². The van der Waals surface area contributed by atoms with Crippen molar-refractivity contribution in [3.8, 4) is 0 Å². The molecule has 0 spiro atoms. The Kier molecular flexibility index (Phi) is 3.73. The lowest BCUT2D eigenvalue weighted by Gasteiger charge is -2.10. The van der Waals surface area contributed by atoms with Crippen molar-refractivity contribution in [3.05, 3.63) is 42.0 Å². The fourth-order valence-electron chi connectivity index (χ4n) is 1.95. The van der Waals surface area contributed by atoms with E-state index in [0.717, 1.165) is 11.1 Å². The first-order chi connectivity index (χ1) is 10.6. The number of carbonyl (C=O) groups excluding carboxylic acids is 1. The molecule has 3 aromatic rings. The van der Waals surface area contributed by atoms with Gasteiger partial charge < -0.3 is 14.6 Å². The van der Waals surface area contributed by atoms with Gasteiger partial charge in [0.1, 0.15) is 17.8 Å². The van der Waals surface area contributed by atoms with Crippen molar-refractivity contribution in [2.75, 3.05) is 14.1 Å². The van der Waals surface area contributed by atoms with Crippen LogP contribution < -0.4 is 5.32 Å². The third-order valence-corrected chi connectivity index (χ3v) is 3.05. The summed E-state index contributed by atoms with van der Waals surface area (Å²) < 4.78 is 7.26. The summed E-state index contributed by atoms with van der Waals surface area (Å²) in [5.74, 6) is 0.565. The predicted molar refractivity (Wildman–Crippen MR) is 79.1 cm³/mol. The molecule has 2 amide bonds. The van der Waals surface area contributed by atoms with Crippen LogP contribution >= 0.6 is 0 Å². The third kappa shape index (κ3) is 3.05. The molecule has 114 valence electrons. The number of hydrogen-bond acceptors (Lipinski definition) is 5. The molecule has 2 aromatic heterocycles. The fourth-order valence-corrected chi connectivity index (χ4v) is 1.95. The van der Waals surface area contributed by atoms with Gasteiger partial charge in [-0.3, -0.25) is 0 Å². The van der Waals surface area contributed by atoms with Gasteiger partial charge >= 0.3 is 6.03 Å². The Bertz CT molecular complexity index is 758. The molecule has 1 N–H and O–H groups in total. The van der Waals surface area contributed by atoms with Crippen LogP contribution in [0.3, 0.4) is 0 Å². The van der Waals surface area contributed by atoms with Crippen molar-refractivity contribution >= 4 is 17.1 Å². The average Bonchev–Trinajstić information content (AvgIpc) is 3.10. The summed E-state index contributed by atoms with van der Waals surface area (Å²) in [5.41, 5.74) is 2.23. The SMILES string of the molecule is CN(C)C(=O)NCc1cn(Cc2nc3ccccc3o2)nn1. The van der Waals surface area contributed by atoms with Gasteiger partial charge in [-0.2, -0.15) is 0 Å². The molecule has 8 nitrogen and oxygen atoms in total. The maximum atomic E-state index is 11.4. The number of hydrogen-bond donors (Lipinski definition) is 1. The molecule has 0 bridgehead atoms. The maximum Gasteiger partial charge on any atom is 0.317 e. The second kappa shape index (κ2) is 5.84. The van der Waals surface area contributed by atoms with Crippen LogP contribution in [-0.2, 0) is 13.1 Å². The van der Waals surface area contributed by atoms with Crippen LogP contribution in [0.25, 0.3) is 11.1 Å². The Morgan fingerprint density at radius 1 is 1.36 bits per heavy atom. The van der Waals surface area contributed by atoms with Crippen molar-refractivity contribution < 1.29 is 9.21 Å². The van der Waals surface area contributed by atoms with Crippen molar-refractivity contribution in [2.45, 2.75) is 13.1 Å². The highest BCUT2D eigenvalue weighted by Gasteiger charge is 2.09. The third-order valence-electron chi connectivity index (χ3n) is 3.05. The van der Waals surface area contributed by atoms with Crippen LogP contribution in [0.2, 0.25) is 0 Å². The highest BCUT2D eigenvalue weighted by atomic mass is 16.3. The van der Waals surface area contributed by atoms with Crippen LogP contribution in [0, 0.1) is 0 Å². The molecule has 0 fully saturated rings. The van der Waals surface area contributed by atoms with Gasteiger partial charge in [0, 0.05) is 14.1 Å². The van der Waals surface area contributed by atoms with E-state index in [4.69, 9.17) is 4.42 Å². The number of rotatable bonds is 4. The van der Waals surface area contributed by atoms with E-state index in [2.05, 4.69) is 20.6 Å². The lowest BCUT2D eigenvalue weighted by molar-refractivity contribution is 0.217. The highest BCUT2D eigenvalue weighted by molar-refractivity contribution is 5.73. The number of fused-ring (bicyclic) bond motifs is 1. The maximum absolute atomic E-state index is 11.4. The lowest BCUT2D eigenvalue weighted by Crippen LogP contribution is -2.34. The van der Waals surface area contributed by atoms with Gasteiger partial charge in [0.05, 0.1) is 12.7 Å². The fraction of sp³-hybridized carbons (Fsp3) is 0.286. The normalized spacial score (nSPS) is 10.8. The van der Waals surface area contributed by atoms with Gasteiger partial charge in [0.15, 0.2) is 5.58 Å². The molecule has 0 saturated heterocycles. The van der Waals surface area contributed by atoms with Crippen molar-refractivity contribution in [1.82, 2.24) is 30.2 Å². The summed E-state index contributed by atoms with van der Waals surface area (Å²) in [7, 11) is 3.36. The first-order valence-corrected chi connectivity index (χ1v) is 6.80. The van der Waals surface area contributed by atoms with E-state index in [9.17, 15) is 4.79 Å². The first kappa shape index (κ1) is 14.1. The van der Waals surface area contributed by atoms with E-state index in [-0.39, 0.29) is 6.03 Å². The predicted octanol–water partition coefficient (Wildman–Crippen LogP) is 1.24. The molecule has 0 atom stereocenters. The van der Waals surface area contributed by atoms with E-state index < -0.39 is 0 Å². The minimum atomic E-state index is -0.173. The summed E-state index contributed by atoms with van der Waals surface area (Å²) >= 11 is 0. The highest BCUT2D eigenvalue weighted by Crippen LogP contribution is 2.15. The molecule has 0 aliphatic heterocycles. The molecule has 1 aromatic carbocycles. The van der Waals surface area contributed by atoms with Crippen LogP contribution in [0.15, 0.2) is 34.9 Å². The number of benzene rings is 1. The molecular formula is C14H16N6O2. The standard InChI is InChI=1S/C14H16N6O2/c1-19(2)14(21)15-7-10-8-20(18-17-10)9-13-16-11-5-3-4-6-12(11)22-13/h3-6,8H,7,9H2,1-2H3,(H,15,21). The molecule has 8 heteroatoms. The van der Waals surface area contributed by atoms with Gasteiger partial charge in [-0.05, 0) is 12.1 Å². The Morgan fingerprint density at radius 3 is 2.95 bits per heavy atom. The summed E-state index contributed by atoms with van der Waals surface area (Å²) in [5, 5.41) is 10.7. The van der Waals surface area contributed by atoms with Crippen molar-refractivity contribution in [2.24, 2.45) is 0 Å². The first-order valence-electron chi connectivity index (χ1n) is 6.80. The van der Waals surface area contributed by atoms with Gasteiger partial charge in [0.25, 0.3) is 0 Å². The number of nitrogens with one attached hydrogen (secondary N) is 1. The number of oxazole rings is 1. The zero-order valence-electron chi connectivity index (χ0n) is 12.4. The molecule has 3 rings (SSSR count). The summed E-state index contributed by atoms with van der Waals surface area (Å²) in [4.78, 5) is 17.3. The van der Waals surface area contributed by atoms with Crippen LogP contribution in [0.5, 0.6) is 0 Å². The largest absolute Gasteiger partial charge is 0.439 e. The Hall–Kier alpha value is -2.90. The zero-order chi connectivity index (χ0) is 15.5. The smallest absolute Gasteiger partial charge is 0.317 e. The van der Waals surface area contributed by atoms with Gasteiger partial charge in [0.2, 0.25) is 5.89 Å². The van der Waals surface area contributed by atoms with E-state index in [1.807, 2.05) is 24.3 Å². The van der Waals surface area contributed by atoms with Gasteiger partial charge in [-0.15, -0.1) is 5.10 Å². The number of para-hydroxylation sites is 2. The number of urea groups is 1. The lowest BCUT2D eigenvalue weighted by atomic mass is 10.3. The molecule has 0 unspecified atom stereocenters. The van der Waals surface area contributed by atoms with E-state index in [1.54, 1.807) is 25.0 Å². The minimum absolute atomic E-state index is 0.173. The Balaban J connectivity index is 1.65. The van der Waals surface area contributed by atoms with Crippen LogP contribution in [-0.4, -0.2) is 45.0 Å². The molecular weight excluding hydrogens is 284 g/mol. The number of nitrogens with zero attached hydrogens (tertiary/aromatic N) is 5. The van der Waals surface area contributed by atoms with Gasteiger partial charge in [-0.1, -0.05) is 17.3 Å². The molecule has 22 heavy (non-hydrogen) atoms. The Morgan fingerprint density at radius 2 is 2.18 bits per heavy atom. The average molecular weight is 300 g/mol. The summed E-state index contributed by atoms with van der Waals surface area (Å²) in [6.07, 6.45) is 1.75. The monoisotopic (exact) mass is 300 g/mol. The number of carbonyl (C=O) groups is 1. The topological polar surface area (TPSA) is 89.1 Å². The zero-order valence-corrected chi connectivity index (χ0v) is 12.4. The van der Waals surface area contributed by atoms with Crippen molar-refractivity contribution in [1.29, 1.82) is 0 Å². The minimum Gasteiger partial charge on any atom is -0.439 e. The summed E-state index contributed by atoms with van der Waals surface area (Å²) in [6, 6.07) is 7.41. The molecule has 0 aliphatic rings. The Labute approximate surface area is 126 Å². The molecule has 2 heterocycles. The second-order valence-electron chi connectivity index (χ2n) is 5.04. The van der Waals surface area contributed by atoms with Crippen molar-refractivity contribution in [3.63, 3.8) is 0 Å². The van der Waals surface area contributed by atoms with Crippen LogP contribution in [0.4, 0.5) is 4.79 Å². The van der Waals surface area contributed by atoms with Crippen LogP contribution in [0.1, 0.15) is 11.6 Å². The van der Waals surface area contributed by atoms with E-state index in [0.29, 0.717) is 24.7 Å². The van der Waals surface area contributed by atoms with E-state index in [1.165, 1.54) is 4.90 Å². The number of amides is 2. The quantitative estimate of drug-likeness (QED) is 0.783. The second-order valence-corrected chi connectivity index (χ2v) is 5.04. The molecule has 0 saturated carbocycles. The molecule has 0 radical (unpaired) electrons.